The van der Waals surface area contributed by atoms with E-state index in [2.05, 4.69) is 0 Å². The molecule has 66 valence electrons. The first-order valence-corrected chi connectivity index (χ1v) is 3.86. The molecule has 0 amide bonds. The normalized spacial score (nSPS) is 13.0. The Morgan fingerprint density at radius 1 is 1.42 bits per heavy atom. The molecule has 0 unspecified atom stereocenters. The van der Waals surface area contributed by atoms with Crippen LogP contribution in [-0.4, -0.2) is 0 Å². The fourth-order valence-electron chi connectivity index (χ4n) is 1.03. The standard InChI is InChI=1S/C9H11F2N/c1-2-8(12)6-4-3-5-7(10)9(6)11/h3-5,8H,2,12H2,1H3/t8-/m1/s1. The molecule has 0 radical (unpaired) electrons. The summed E-state index contributed by atoms with van der Waals surface area (Å²) in [5.41, 5.74) is 5.80. The summed E-state index contributed by atoms with van der Waals surface area (Å²) in [6.07, 6.45) is 0.598. The molecule has 0 saturated carbocycles. The van der Waals surface area contributed by atoms with Crippen LogP contribution in [0.5, 0.6) is 0 Å². The number of nitrogens with two attached hydrogens (primary N) is 1. The molecule has 0 aromatic heterocycles. The molecule has 0 heterocycles. The first-order valence-electron chi connectivity index (χ1n) is 3.86. The van der Waals surface area contributed by atoms with Crippen LogP contribution in [0, 0.1) is 11.6 Å². The van der Waals surface area contributed by atoms with E-state index in [-0.39, 0.29) is 5.56 Å². The van der Waals surface area contributed by atoms with E-state index in [4.69, 9.17) is 5.73 Å². The average Bonchev–Trinajstić information content (AvgIpc) is 2.08. The lowest BCUT2D eigenvalue weighted by Crippen LogP contribution is -2.11. The molecule has 1 atom stereocenters. The van der Waals surface area contributed by atoms with Crippen LogP contribution in [0.4, 0.5) is 8.78 Å². The van der Waals surface area contributed by atoms with E-state index in [9.17, 15) is 8.78 Å². The number of halogens is 2. The Kier molecular flexibility index (Phi) is 2.76. The van der Waals surface area contributed by atoms with Gasteiger partial charge in [-0.3, -0.25) is 0 Å². The summed E-state index contributed by atoms with van der Waals surface area (Å²) in [5, 5.41) is 0. The van der Waals surface area contributed by atoms with E-state index in [0.29, 0.717) is 6.42 Å². The molecule has 1 aromatic carbocycles. The molecule has 12 heavy (non-hydrogen) atoms. The van der Waals surface area contributed by atoms with Crippen LogP contribution < -0.4 is 5.73 Å². The van der Waals surface area contributed by atoms with Gasteiger partial charge in [0.1, 0.15) is 0 Å². The number of hydrogen-bond donors (Lipinski definition) is 1. The molecule has 0 aliphatic rings. The molecule has 3 heteroatoms. The average molecular weight is 171 g/mol. The molecule has 0 fully saturated rings. The zero-order valence-electron chi connectivity index (χ0n) is 6.85. The highest BCUT2D eigenvalue weighted by atomic mass is 19.2. The summed E-state index contributed by atoms with van der Waals surface area (Å²) in [7, 11) is 0. The second-order valence-corrected chi connectivity index (χ2v) is 2.66. The third-order valence-electron chi connectivity index (χ3n) is 1.82. The maximum absolute atomic E-state index is 13.0. The molecule has 0 aliphatic heterocycles. The van der Waals surface area contributed by atoms with Gasteiger partial charge in [-0.25, -0.2) is 8.78 Å². The van der Waals surface area contributed by atoms with Gasteiger partial charge in [-0.15, -0.1) is 0 Å². The summed E-state index contributed by atoms with van der Waals surface area (Å²) in [5.74, 6) is -1.66. The van der Waals surface area contributed by atoms with Gasteiger partial charge >= 0.3 is 0 Å². The second kappa shape index (κ2) is 3.63. The maximum Gasteiger partial charge on any atom is 0.163 e. The first-order chi connectivity index (χ1) is 5.66. The van der Waals surface area contributed by atoms with E-state index in [1.54, 1.807) is 0 Å². The second-order valence-electron chi connectivity index (χ2n) is 2.66. The van der Waals surface area contributed by atoms with Crippen molar-refractivity contribution in [3.63, 3.8) is 0 Å². The molecular formula is C9H11F2N. The van der Waals surface area contributed by atoms with Gasteiger partial charge in [0.05, 0.1) is 0 Å². The molecule has 0 aliphatic carbocycles. The fraction of sp³-hybridized carbons (Fsp3) is 0.333. The van der Waals surface area contributed by atoms with Crippen LogP contribution in [-0.2, 0) is 0 Å². The molecule has 1 aromatic rings. The molecule has 0 saturated heterocycles. The van der Waals surface area contributed by atoms with Gasteiger partial charge < -0.3 is 5.73 Å². The molecule has 0 bridgehead atoms. The number of rotatable bonds is 2. The van der Waals surface area contributed by atoms with Crippen LogP contribution in [0.3, 0.4) is 0 Å². The van der Waals surface area contributed by atoms with Crippen LogP contribution in [0.1, 0.15) is 24.9 Å². The van der Waals surface area contributed by atoms with Crippen molar-refractivity contribution in [3.05, 3.63) is 35.4 Å². The molecule has 1 rings (SSSR count). The highest BCUT2D eigenvalue weighted by Crippen LogP contribution is 2.19. The molecule has 1 nitrogen and oxygen atoms in total. The Hall–Kier alpha value is -0.960. The Balaban J connectivity index is 3.07. The van der Waals surface area contributed by atoms with E-state index in [1.165, 1.54) is 12.1 Å². The van der Waals surface area contributed by atoms with Gasteiger partial charge in [0, 0.05) is 11.6 Å². The summed E-state index contributed by atoms with van der Waals surface area (Å²) in [6.45, 7) is 1.83. The van der Waals surface area contributed by atoms with Gasteiger partial charge in [0.25, 0.3) is 0 Å². The van der Waals surface area contributed by atoms with E-state index < -0.39 is 17.7 Å². The Morgan fingerprint density at radius 3 is 2.67 bits per heavy atom. The summed E-state index contributed by atoms with van der Waals surface area (Å²) < 4.78 is 25.6. The van der Waals surface area contributed by atoms with Crippen molar-refractivity contribution in [1.82, 2.24) is 0 Å². The highest BCUT2D eigenvalue weighted by Gasteiger charge is 2.12. The monoisotopic (exact) mass is 171 g/mol. The van der Waals surface area contributed by atoms with Gasteiger partial charge in [-0.1, -0.05) is 19.1 Å². The van der Waals surface area contributed by atoms with Gasteiger partial charge in [0.15, 0.2) is 11.6 Å². The Labute approximate surface area is 70.2 Å². The quantitative estimate of drug-likeness (QED) is 0.726. The van der Waals surface area contributed by atoms with Crippen molar-refractivity contribution < 1.29 is 8.78 Å². The van der Waals surface area contributed by atoms with Gasteiger partial charge in [-0.05, 0) is 12.5 Å². The predicted molar refractivity (Wildman–Crippen MR) is 43.6 cm³/mol. The van der Waals surface area contributed by atoms with Crippen LogP contribution in [0.15, 0.2) is 18.2 Å². The Morgan fingerprint density at radius 2 is 2.08 bits per heavy atom. The zero-order chi connectivity index (χ0) is 9.14. The fourth-order valence-corrected chi connectivity index (χ4v) is 1.03. The van der Waals surface area contributed by atoms with Gasteiger partial charge in [-0.2, -0.15) is 0 Å². The van der Waals surface area contributed by atoms with Gasteiger partial charge in [0.2, 0.25) is 0 Å². The number of hydrogen-bond acceptors (Lipinski definition) is 1. The molecule has 2 N–H and O–H groups in total. The smallest absolute Gasteiger partial charge is 0.163 e. The van der Waals surface area contributed by atoms with E-state index in [0.717, 1.165) is 6.07 Å². The van der Waals surface area contributed by atoms with Crippen molar-refractivity contribution in [2.45, 2.75) is 19.4 Å². The summed E-state index contributed by atoms with van der Waals surface area (Å²) in [4.78, 5) is 0. The lowest BCUT2D eigenvalue weighted by Gasteiger charge is -2.09. The van der Waals surface area contributed by atoms with Crippen LogP contribution in [0.2, 0.25) is 0 Å². The lowest BCUT2D eigenvalue weighted by atomic mass is 10.1. The molecule has 0 spiro atoms. The SMILES string of the molecule is CC[C@@H](N)c1cccc(F)c1F. The first kappa shape index (κ1) is 9.13. The summed E-state index contributed by atoms with van der Waals surface area (Å²) >= 11 is 0. The molecular weight excluding hydrogens is 160 g/mol. The van der Waals surface area contributed by atoms with Crippen molar-refractivity contribution in [1.29, 1.82) is 0 Å². The van der Waals surface area contributed by atoms with Crippen LogP contribution in [0.25, 0.3) is 0 Å². The predicted octanol–water partition coefficient (Wildman–Crippen LogP) is 2.37. The van der Waals surface area contributed by atoms with Crippen molar-refractivity contribution in [2.24, 2.45) is 5.73 Å². The van der Waals surface area contributed by atoms with E-state index in [1.807, 2.05) is 6.92 Å². The number of benzene rings is 1. The lowest BCUT2D eigenvalue weighted by molar-refractivity contribution is 0.486. The zero-order valence-corrected chi connectivity index (χ0v) is 6.85. The van der Waals surface area contributed by atoms with Crippen molar-refractivity contribution in [2.75, 3.05) is 0 Å². The minimum Gasteiger partial charge on any atom is -0.324 e. The van der Waals surface area contributed by atoms with Crippen molar-refractivity contribution in [3.8, 4) is 0 Å². The van der Waals surface area contributed by atoms with E-state index >= 15 is 0 Å². The van der Waals surface area contributed by atoms with Crippen molar-refractivity contribution >= 4 is 0 Å². The third kappa shape index (κ3) is 1.61. The summed E-state index contributed by atoms with van der Waals surface area (Å²) in [6, 6.07) is 3.64. The Bertz CT molecular complexity index is 273. The topological polar surface area (TPSA) is 26.0 Å². The minimum atomic E-state index is -0.837. The largest absolute Gasteiger partial charge is 0.324 e. The highest BCUT2D eigenvalue weighted by molar-refractivity contribution is 5.21. The van der Waals surface area contributed by atoms with Crippen LogP contribution >= 0.6 is 0 Å². The minimum absolute atomic E-state index is 0.248. The maximum atomic E-state index is 13.0. The third-order valence-corrected chi connectivity index (χ3v) is 1.82.